The molecule has 0 aromatic rings. The zero-order valence-electron chi connectivity index (χ0n) is 9.78. The molecule has 0 saturated carbocycles. The number of nitrogens with one attached hydrogen (secondary N) is 1. The van der Waals surface area contributed by atoms with Gasteiger partial charge in [-0.3, -0.25) is 0 Å². The highest BCUT2D eigenvalue weighted by atomic mass is 32.2. The van der Waals surface area contributed by atoms with Crippen molar-refractivity contribution in [3.8, 4) is 0 Å². The maximum atomic E-state index is 11.8. The fraction of sp³-hybridized carbons (Fsp3) is 1.00. The molecule has 1 atom stereocenters. The monoisotopic (exact) mass is 239 g/mol. The molecule has 0 bridgehead atoms. The van der Waals surface area contributed by atoms with Crippen molar-refractivity contribution in [3.63, 3.8) is 0 Å². The third-order valence-corrected chi connectivity index (χ3v) is 4.23. The second-order valence-corrected chi connectivity index (χ2v) is 6.87. The molecule has 0 aromatic heterocycles. The Morgan fingerprint density at radius 1 is 1.40 bits per heavy atom. The van der Waals surface area contributed by atoms with Gasteiger partial charge >= 0.3 is 0 Å². The molecular formula is C9H21NO4S. The van der Waals surface area contributed by atoms with Crippen LogP contribution in [-0.4, -0.2) is 44.6 Å². The topological polar surface area (TPSA) is 75.6 Å². The van der Waals surface area contributed by atoms with Crippen molar-refractivity contribution in [2.45, 2.75) is 38.0 Å². The summed E-state index contributed by atoms with van der Waals surface area (Å²) in [5, 5.41) is 8.77. The Morgan fingerprint density at radius 3 is 2.27 bits per heavy atom. The summed E-state index contributed by atoms with van der Waals surface area (Å²) in [6.07, 6.45) is 0.350. The van der Waals surface area contributed by atoms with Gasteiger partial charge in [0.25, 0.3) is 0 Å². The zero-order chi connectivity index (χ0) is 12.1. The van der Waals surface area contributed by atoms with E-state index in [9.17, 15) is 8.42 Å². The van der Waals surface area contributed by atoms with E-state index in [-0.39, 0.29) is 19.3 Å². The maximum Gasteiger partial charge on any atom is 0.216 e. The molecule has 0 fully saturated rings. The smallest absolute Gasteiger partial charge is 0.216 e. The predicted octanol–water partition coefficient (Wildman–Crippen LogP) is 0.102. The van der Waals surface area contributed by atoms with E-state index >= 15 is 0 Å². The van der Waals surface area contributed by atoms with Crippen LogP contribution in [-0.2, 0) is 14.8 Å². The minimum Gasteiger partial charge on any atom is -0.396 e. The molecule has 0 amide bonds. The lowest BCUT2D eigenvalue weighted by Crippen LogP contribution is -2.46. The summed E-state index contributed by atoms with van der Waals surface area (Å²) >= 11 is 0. The zero-order valence-corrected chi connectivity index (χ0v) is 10.6. The second kappa shape index (κ2) is 5.79. The lowest BCUT2D eigenvalue weighted by Gasteiger charge is -2.24. The second-order valence-electron chi connectivity index (χ2n) is 4.40. The molecule has 0 rings (SSSR count). The maximum absolute atomic E-state index is 11.8. The van der Waals surface area contributed by atoms with Crippen molar-refractivity contribution in [3.05, 3.63) is 0 Å². The quantitative estimate of drug-likeness (QED) is 0.689. The Bertz CT molecular complexity index is 262. The minimum atomic E-state index is -3.38. The van der Waals surface area contributed by atoms with Crippen LogP contribution < -0.4 is 4.72 Å². The highest BCUT2D eigenvalue weighted by Crippen LogP contribution is 2.14. The Balaban J connectivity index is 4.53. The van der Waals surface area contributed by atoms with E-state index in [0.29, 0.717) is 6.42 Å². The summed E-state index contributed by atoms with van der Waals surface area (Å²) in [4.78, 5) is 0. The Labute approximate surface area is 91.9 Å². The first kappa shape index (κ1) is 14.8. The van der Waals surface area contributed by atoms with Gasteiger partial charge in [-0.25, -0.2) is 13.1 Å². The first-order chi connectivity index (χ1) is 6.74. The molecule has 0 aromatic carbocycles. The van der Waals surface area contributed by atoms with Crippen LogP contribution in [0.15, 0.2) is 0 Å². The average molecular weight is 239 g/mol. The lowest BCUT2D eigenvalue weighted by atomic mass is 10.2. The fourth-order valence-corrected chi connectivity index (χ4v) is 1.91. The SMILES string of the molecule is COCC(CCO)NS(=O)(=O)C(C)(C)C. The Morgan fingerprint density at radius 2 is 1.93 bits per heavy atom. The van der Waals surface area contributed by atoms with Gasteiger partial charge in [-0.05, 0) is 27.2 Å². The van der Waals surface area contributed by atoms with Gasteiger partial charge in [0.15, 0.2) is 0 Å². The number of rotatable bonds is 6. The van der Waals surface area contributed by atoms with Crippen molar-refractivity contribution in [2.75, 3.05) is 20.3 Å². The van der Waals surface area contributed by atoms with Crippen LogP contribution in [0, 0.1) is 0 Å². The van der Waals surface area contributed by atoms with E-state index in [1.54, 1.807) is 20.8 Å². The van der Waals surface area contributed by atoms with Crippen molar-refractivity contribution >= 4 is 10.0 Å². The Hall–Kier alpha value is -0.170. The Kier molecular flexibility index (Phi) is 5.72. The standard InChI is InChI=1S/C9H21NO4S/c1-9(2,3)15(12,13)10-8(5-6-11)7-14-4/h8,10-11H,5-7H2,1-4H3. The highest BCUT2D eigenvalue weighted by molar-refractivity contribution is 7.90. The summed E-state index contributed by atoms with van der Waals surface area (Å²) in [6, 6.07) is -0.371. The van der Waals surface area contributed by atoms with Crippen LogP contribution in [0.25, 0.3) is 0 Å². The van der Waals surface area contributed by atoms with Gasteiger partial charge in [0, 0.05) is 19.8 Å². The molecule has 92 valence electrons. The van der Waals surface area contributed by atoms with E-state index in [1.165, 1.54) is 7.11 Å². The van der Waals surface area contributed by atoms with Gasteiger partial charge in [-0.1, -0.05) is 0 Å². The average Bonchev–Trinajstić information content (AvgIpc) is 2.02. The number of methoxy groups -OCH3 is 1. The van der Waals surface area contributed by atoms with Crippen LogP contribution in [0.5, 0.6) is 0 Å². The molecule has 0 saturated heterocycles. The van der Waals surface area contributed by atoms with Crippen LogP contribution in [0.3, 0.4) is 0 Å². The molecule has 6 heteroatoms. The molecule has 5 nitrogen and oxygen atoms in total. The van der Waals surface area contributed by atoms with Gasteiger partial charge in [-0.15, -0.1) is 0 Å². The van der Waals surface area contributed by atoms with Crippen molar-refractivity contribution < 1.29 is 18.3 Å². The molecule has 0 aliphatic rings. The van der Waals surface area contributed by atoms with Gasteiger partial charge in [0.2, 0.25) is 10.0 Å². The van der Waals surface area contributed by atoms with Crippen LogP contribution in [0.1, 0.15) is 27.2 Å². The third-order valence-electron chi connectivity index (χ3n) is 1.97. The molecule has 0 aliphatic carbocycles. The number of aliphatic hydroxyl groups is 1. The van der Waals surface area contributed by atoms with E-state index in [2.05, 4.69) is 4.72 Å². The molecule has 0 heterocycles. The van der Waals surface area contributed by atoms with Crippen LogP contribution in [0.2, 0.25) is 0 Å². The van der Waals surface area contributed by atoms with E-state index in [0.717, 1.165) is 0 Å². The molecule has 15 heavy (non-hydrogen) atoms. The summed E-state index contributed by atoms with van der Waals surface area (Å²) < 4.78 is 30.1. The summed E-state index contributed by atoms with van der Waals surface area (Å²) in [5.74, 6) is 0. The lowest BCUT2D eigenvalue weighted by molar-refractivity contribution is 0.157. The molecular weight excluding hydrogens is 218 g/mol. The van der Waals surface area contributed by atoms with E-state index in [1.807, 2.05) is 0 Å². The predicted molar refractivity (Wildman–Crippen MR) is 59.2 cm³/mol. The van der Waals surface area contributed by atoms with Gasteiger partial charge in [-0.2, -0.15) is 0 Å². The highest BCUT2D eigenvalue weighted by Gasteiger charge is 2.30. The number of aliphatic hydroxyl groups excluding tert-OH is 1. The largest absolute Gasteiger partial charge is 0.396 e. The first-order valence-electron chi connectivity index (χ1n) is 4.86. The first-order valence-corrected chi connectivity index (χ1v) is 6.34. The molecule has 2 N–H and O–H groups in total. The number of ether oxygens (including phenoxy) is 1. The molecule has 0 aliphatic heterocycles. The van der Waals surface area contributed by atoms with E-state index < -0.39 is 14.8 Å². The normalized spacial score (nSPS) is 15.3. The summed E-state index contributed by atoms with van der Waals surface area (Å²) in [5.41, 5.74) is 0. The number of hydrogen-bond donors (Lipinski definition) is 2. The third kappa shape index (κ3) is 4.92. The summed E-state index contributed by atoms with van der Waals surface area (Å²) in [6.45, 7) is 5.06. The van der Waals surface area contributed by atoms with Crippen molar-refractivity contribution in [1.82, 2.24) is 4.72 Å². The summed E-state index contributed by atoms with van der Waals surface area (Å²) in [7, 11) is -1.89. The number of hydrogen-bond acceptors (Lipinski definition) is 4. The fourth-order valence-electron chi connectivity index (χ4n) is 0.929. The van der Waals surface area contributed by atoms with Crippen LogP contribution in [0.4, 0.5) is 0 Å². The van der Waals surface area contributed by atoms with E-state index in [4.69, 9.17) is 9.84 Å². The van der Waals surface area contributed by atoms with Crippen molar-refractivity contribution in [2.24, 2.45) is 0 Å². The van der Waals surface area contributed by atoms with Gasteiger partial charge in [0.05, 0.1) is 11.4 Å². The van der Waals surface area contributed by atoms with Gasteiger partial charge in [0.1, 0.15) is 0 Å². The van der Waals surface area contributed by atoms with Gasteiger partial charge < -0.3 is 9.84 Å². The minimum absolute atomic E-state index is 0.0688. The van der Waals surface area contributed by atoms with Crippen LogP contribution >= 0.6 is 0 Å². The van der Waals surface area contributed by atoms with Crippen molar-refractivity contribution in [1.29, 1.82) is 0 Å². The molecule has 1 unspecified atom stereocenters. The number of sulfonamides is 1. The molecule has 0 radical (unpaired) electrons. The molecule has 0 spiro atoms.